The van der Waals surface area contributed by atoms with Crippen molar-refractivity contribution in [1.82, 2.24) is 25.4 Å². The molecular formula is C28H33F4N5O4. The summed E-state index contributed by atoms with van der Waals surface area (Å²) in [6.45, 7) is 1.67. The molecule has 3 heterocycles. The van der Waals surface area contributed by atoms with Gasteiger partial charge in [-0.25, -0.2) is 9.37 Å². The first-order valence-corrected chi connectivity index (χ1v) is 14.0. The standard InChI is InChI=1S/C28H33F4N5O4/c1-15-21(18(29)14-33-23(15)41-2)19-11-20(36-35-19)24(39)37-25(7-8-25)12-16(13-26(37)9-10-26)22(38)34-17-3-5-27(40,6-4-17)28(30,31)32/h11,14,16-17,40H,3-10,12-13H2,1-2H3,(H,34,38)(H,35,36)/t17-,27-. The van der Waals surface area contributed by atoms with E-state index in [0.29, 0.717) is 24.1 Å². The van der Waals surface area contributed by atoms with E-state index in [0.717, 1.165) is 31.9 Å². The molecule has 13 heteroatoms. The quantitative estimate of drug-likeness (QED) is 0.457. The SMILES string of the molecule is COc1ncc(F)c(-c2cc(C(=O)N3C4(CC4)CC(C(=O)N[C@H]4CC[C@@](O)(C(F)(F)F)CC4)CC34CC4)n[nH]2)c1C. The van der Waals surface area contributed by atoms with Crippen molar-refractivity contribution in [3.63, 3.8) is 0 Å². The summed E-state index contributed by atoms with van der Waals surface area (Å²) in [7, 11) is 1.44. The van der Waals surface area contributed by atoms with Crippen molar-refractivity contribution in [1.29, 1.82) is 0 Å². The van der Waals surface area contributed by atoms with Crippen molar-refractivity contribution < 1.29 is 37.0 Å². The first-order valence-electron chi connectivity index (χ1n) is 14.0. The number of alkyl halides is 3. The van der Waals surface area contributed by atoms with Gasteiger partial charge in [-0.15, -0.1) is 0 Å². The number of likely N-dealkylation sites (tertiary alicyclic amines) is 1. The van der Waals surface area contributed by atoms with Gasteiger partial charge in [0.05, 0.1) is 19.0 Å². The van der Waals surface area contributed by atoms with E-state index >= 15 is 0 Å². The van der Waals surface area contributed by atoms with Gasteiger partial charge >= 0.3 is 6.18 Å². The molecule has 4 aliphatic rings. The highest BCUT2D eigenvalue weighted by Gasteiger charge is 2.67. The number of ether oxygens (including phenoxy) is 1. The molecule has 2 aromatic rings. The number of aromatic amines is 1. The molecule has 0 bridgehead atoms. The predicted molar refractivity (Wildman–Crippen MR) is 137 cm³/mol. The van der Waals surface area contributed by atoms with Crippen LogP contribution in [0.3, 0.4) is 0 Å². The number of nitrogens with one attached hydrogen (secondary N) is 2. The third-order valence-corrected chi connectivity index (χ3v) is 9.61. The van der Waals surface area contributed by atoms with Crippen LogP contribution < -0.4 is 10.1 Å². The smallest absolute Gasteiger partial charge is 0.417 e. The molecule has 3 N–H and O–H groups in total. The van der Waals surface area contributed by atoms with Gasteiger partial charge in [0.15, 0.2) is 17.1 Å². The van der Waals surface area contributed by atoms with Crippen LogP contribution in [-0.4, -0.2) is 73.0 Å². The molecular weight excluding hydrogens is 546 g/mol. The summed E-state index contributed by atoms with van der Waals surface area (Å²) in [5.74, 6) is -1.13. The molecule has 3 saturated carbocycles. The fraction of sp³-hybridized carbons (Fsp3) is 0.643. The van der Waals surface area contributed by atoms with Gasteiger partial charge in [0, 0.05) is 34.2 Å². The summed E-state index contributed by atoms with van der Waals surface area (Å²) in [6.07, 6.45) is -0.466. The van der Waals surface area contributed by atoms with E-state index < -0.39 is 47.6 Å². The van der Waals surface area contributed by atoms with Gasteiger partial charge in [0.2, 0.25) is 11.8 Å². The van der Waals surface area contributed by atoms with Crippen LogP contribution in [0.25, 0.3) is 11.3 Å². The average Bonchev–Trinajstić information content (AvgIpc) is 3.81. The fourth-order valence-electron chi connectivity index (χ4n) is 7.05. The van der Waals surface area contributed by atoms with Crippen LogP contribution in [0.15, 0.2) is 12.3 Å². The van der Waals surface area contributed by atoms with E-state index in [1.165, 1.54) is 13.2 Å². The number of carbonyl (C=O) groups is 2. The third-order valence-electron chi connectivity index (χ3n) is 9.61. The van der Waals surface area contributed by atoms with Gasteiger partial charge in [-0.05, 0) is 77.2 Å². The highest BCUT2D eigenvalue weighted by atomic mass is 19.4. The Morgan fingerprint density at radius 3 is 2.27 bits per heavy atom. The Hall–Kier alpha value is -3.22. The molecule has 41 heavy (non-hydrogen) atoms. The number of methoxy groups -OCH3 is 1. The molecule has 6 rings (SSSR count). The number of halogens is 4. The van der Waals surface area contributed by atoms with Crippen molar-refractivity contribution in [2.45, 2.75) is 100 Å². The summed E-state index contributed by atoms with van der Waals surface area (Å²) in [4.78, 5) is 33.0. The van der Waals surface area contributed by atoms with Gasteiger partial charge in [0.25, 0.3) is 5.91 Å². The Bertz CT molecular complexity index is 1350. The van der Waals surface area contributed by atoms with Gasteiger partial charge in [-0.3, -0.25) is 14.7 Å². The first-order chi connectivity index (χ1) is 19.3. The predicted octanol–water partition coefficient (Wildman–Crippen LogP) is 4.20. The van der Waals surface area contributed by atoms with E-state index in [4.69, 9.17) is 4.74 Å². The topological polar surface area (TPSA) is 120 Å². The maximum absolute atomic E-state index is 14.7. The van der Waals surface area contributed by atoms with E-state index in [9.17, 15) is 32.3 Å². The number of carbonyl (C=O) groups excluding carboxylic acids is 2. The third kappa shape index (κ3) is 4.65. The van der Waals surface area contributed by atoms with Gasteiger partial charge in [-0.2, -0.15) is 18.3 Å². The molecule has 3 aliphatic carbocycles. The van der Waals surface area contributed by atoms with E-state index in [1.54, 1.807) is 6.92 Å². The molecule has 9 nitrogen and oxygen atoms in total. The Kier molecular flexibility index (Phi) is 6.40. The van der Waals surface area contributed by atoms with Gasteiger partial charge < -0.3 is 20.1 Å². The molecule has 0 aromatic carbocycles. The molecule has 0 radical (unpaired) electrons. The number of nitrogens with zero attached hydrogens (tertiary/aromatic N) is 3. The number of rotatable bonds is 5. The number of amides is 2. The number of H-pyrrole nitrogens is 1. The summed E-state index contributed by atoms with van der Waals surface area (Å²) in [6, 6.07) is 1.11. The second-order valence-electron chi connectivity index (χ2n) is 12.3. The zero-order valence-corrected chi connectivity index (χ0v) is 22.9. The van der Waals surface area contributed by atoms with Crippen LogP contribution in [0, 0.1) is 18.7 Å². The van der Waals surface area contributed by atoms with Crippen LogP contribution in [-0.2, 0) is 4.79 Å². The van der Waals surface area contributed by atoms with Crippen molar-refractivity contribution >= 4 is 11.8 Å². The largest absolute Gasteiger partial charge is 0.481 e. The Labute approximate surface area is 234 Å². The molecule has 0 unspecified atom stereocenters. The Morgan fingerprint density at radius 2 is 1.73 bits per heavy atom. The summed E-state index contributed by atoms with van der Waals surface area (Å²) in [5.41, 5.74) is -2.46. The minimum Gasteiger partial charge on any atom is -0.481 e. The zero-order chi connectivity index (χ0) is 29.4. The minimum atomic E-state index is -4.69. The maximum Gasteiger partial charge on any atom is 0.417 e. The molecule has 2 spiro atoms. The Morgan fingerprint density at radius 1 is 1.12 bits per heavy atom. The minimum absolute atomic E-state index is 0.0558. The molecule has 4 fully saturated rings. The van der Waals surface area contributed by atoms with Crippen LogP contribution >= 0.6 is 0 Å². The van der Waals surface area contributed by atoms with Gasteiger partial charge in [-0.1, -0.05) is 0 Å². The maximum atomic E-state index is 14.7. The number of aromatic nitrogens is 3. The van der Waals surface area contributed by atoms with E-state index in [2.05, 4.69) is 20.5 Å². The lowest BCUT2D eigenvalue weighted by atomic mass is 9.79. The van der Waals surface area contributed by atoms with Crippen LogP contribution in [0.5, 0.6) is 5.88 Å². The molecule has 222 valence electrons. The zero-order valence-electron chi connectivity index (χ0n) is 22.9. The van der Waals surface area contributed by atoms with Crippen LogP contribution in [0.4, 0.5) is 17.6 Å². The second-order valence-corrected chi connectivity index (χ2v) is 12.3. The summed E-state index contributed by atoms with van der Waals surface area (Å²) < 4.78 is 59.4. The first kappa shape index (κ1) is 27.9. The fourth-order valence-corrected chi connectivity index (χ4v) is 7.05. The average molecular weight is 580 g/mol. The van der Waals surface area contributed by atoms with Crippen LogP contribution in [0.2, 0.25) is 0 Å². The normalized spacial score (nSPS) is 28.0. The van der Waals surface area contributed by atoms with Crippen molar-refractivity contribution in [3.8, 4) is 17.1 Å². The number of hydrogen-bond donors (Lipinski definition) is 3. The molecule has 2 amide bonds. The molecule has 1 saturated heterocycles. The van der Waals surface area contributed by atoms with Crippen molar-refractivity contribution in [2.24, 2.45) is 5.92 Å². The summed E-state index contributed by atoms with van der Waals surface area (Å²) in [5, 5.41) is 19.9. The lowest BCUT2D eigenvalue weighted by Crippen LogP contribution is -2.58. The van der Waals surface area contributed by atoms with Crippen LogP contribution in [0.1, 0.15) is 80.3 Å². The lowest BCUT2D eigenvalue weighted by molar-refractivity contribution is -0.270. The van der Waals surface area contributed by atoms with Crippen molar-refractivity contribution in [3.05, 3.63) is 29.3 Å². The lowest BCUT2D eigenvalue weighted by Gasteiger charge is -2.46. The molecule has 1 aliphatic heterocycles. The number of piperidine rings is 1. The van der Waals surface area contributed by atoms with E-state index in [-0.39, 0.29) is 47.7 Å². The van der Waals surface area contributed by atoms with E-state index in [1.807, 2.05) is 4.90 Å². The number of pyridine rings is 1. The highest BCUT2D eigenvalue weighted by molar-refractivity contribution is 5.95. The second kappa shape index (κ2) is 9.40. The van der Waals surface area contributed by atoms with Crippen molar-refractivity contribution in [2.75, 3.05) is 7.11 Å². The molecule has 0 atom stereocenters. The number of aliphatic hydroxyl groups is 1. The molecule has 2 aromatic heterocycles. The summed E-state index contributed by atoms with van der Waals surface area (Å²) >= 11 is 0. The highest BCUT2D eigenvalue weighted by Crippen LogP contribution is 2.62. The monoisotopic (exact) mass is 579 g/mol. The number of hydrogen-bond acceptors (Lipinski definition) is 6. The Balaban J connectivity index is 1.16. The van der Waals surface area contributed by atoms with Gasteiger partial charge in [0.1, 0.15) is 0 Å².